The fourth-order valence-corrected chi connectivity index (χ4v) is 2.33. The van der Waals surface area contributed by atoms with Gasteiger partial charge < -0.3 is 0 Å². The number of benzene rings is 1. The van der Waals surface area contributed by atoms with E-state index in [1.165, 1.54) is 9.13 Å². The smallest absolute Gasteiger partial charge is 0.296 e. The third-order valence-corrected chi connectivity index (χ3v) is 3.80. The Bertz CT molecular complexity index is 578. The van der Waals surface area contributed by atoms with Crippen LogP contribution in [0.15, 0.2) is 41.5 Å². The molecular weight excluding hydrogens is 327 g/mol. The first-order chi connectivity index (χ1) is 8.24. The normalized spacial score (nSPS) is 15.1. The molecule has 1 aliphatic carbocycles. The van der Waals surface area contributed by atoms with E-state index in [0.29, 0.717) is 12.6 Å². The molecule has 1 aromatic carbocycles. The summed E-state index contributed by atoms with van der Waals surface area (Å²) in [5.74, 6) is 0. The third-order valence-electron chi connectivity index (χ3n) is 3.08. The van der Waals surface area contributed by atoms with Crippen LogP contribution in [0.25, 0.3) is 0 Å². The monoisotopic (exact) mass is 340 g/mol. The SMILES string of the molecule is O=c1n(Cc2ccc(I)cc2)ccn1C1CC1. The second kappa shape index (κ2) is 4.33. The first kappa shape index (κ1) is 11.1. The molecule has 0 aliphatic heterocycles. The highest BCUT2D eigenvalue weighted by atomic mass is 127. The number of nitrogens with zero attached hydrogens (tertiary/aromatic N) is 2. The Kier molecular flexibility index (Phi) is 2.82. The van der Waals surface area contributed by atoms with Crippen LogP contribution in [0.5, 0.6) is 0 Å². The summed E-state index contributed by atoms with van der Waals surface area (Å²) in [7, 11) is 0. The van der Waals surface area contributed by atoms with E-state index in [1.54, 1.807) is 4.57 Å². The van der Waals surface area contributed by atoms with E-state index >= 15 is 0 Å². The molecule has 1 saturated carbocycles. The summed E-state index contributed by atoms with van der Waals surface area (Å²) in [6, 6.07) is 8.74. The molecule has 17 heavy (non-hydrogen) atoms. The molecule has 0 spiro atoms. The van der Waals surface area contributed by atoms with E-state index in [9.17, 15) is 4.79 Å². The maximum Gasteiger partial charge on any atom is 0.328 e. The topological polar surface area (TPSA) is 26.9 Å². The van der Waals surface area contributed by atoms with Gasteiger partial charge in [0.15, 0.2) is 0 Å². The van der Waals surface area contributed by atoms with Crippen LogP contribution in [0.4, 0.5) is 0 Å². The molecule has 88 valence electrons. The first-order valence-corrected chi connectivity index (χ1v) is 6.83. The first-order valence-electron chi connectivity index (χ1n) is 5.76. The average Bonchev–Trinajstić information content (AvgIpc) is 3.10. The lowest BCUT2D eigenvalue weighted by atomic mass is 10.2. The highest BCUT2D eigenvalue weighted by molar-refractivity contribution is 14.1. The fourth-order valence-electron chi connectivity index (χ4n) is 1.97. The standard InChI is InChI=1S/C13H13IN2O/c14-11-3-1-10(2-4-11)9-15-7-8-16(13(15)17)12-5-6-12/h1-4,7-8,12H,5-6,9H2. The lowest BCUT2D eigenvalue weighted by Gasteiger charge is -2.02. The van der Waals surface area contributed by atoms with E-state index in [4.69, 9.17) is 0 Å². The van der Waals surface area contributed by atoms with Crippen LogP contribution < -0.4 is 5.69 Å². The molecule has 0 unspecified atom stereocenters. The van der Waals surface area contributed by atoms with Gasteiger partial charge in [-0.1, -0.05) is 12.1 Å². The molecule has 0 bridgehead atoms. The van der Waals surface area contributed by atoms with E-state index in [1.807, 2.05) is 17.0 Å². The highest BCUT2D eigenvalue weighted by Gasteiger charge is 2.25. The lowest BCUT2D eigenvalue weighted by Crippen LogP contribution is -2.23. The van der Waals surface area contributed by atoms with Gasteiger partial charge in [-0.15, -0.1) is 0 Å². The number of imidazole rings is 1. The molecule has 3 nitrogen and oxygen atoms in total. The van der Waals surface area contributed by atoms with Crippen LogP contribution in [0.2, 0.25) is 0 Å². The molecular formula is C13H13IN2O. The van der Waals surface area contributed by atoms with Crippen LogP contribution in [-0.4, -0.2) is 9.13 Å². The Balaban J connectivity index is 1.85. The van der Waals surface area contributed by atoms with Crippen molar-refractivity contribution in [3.63, 3.8) is 0 Å². The summed E-state index contributed by atoms with van der Waals surface area (Å²) >= 11 is 2.28. The van der Waals surface area contributed by atoms with Gasteiger partial charge in [-0.05, 0) is 53.1 Å². The van der Waals surface area contributed by atoms with Crippen molar-refractivity contribution in [2.24, 2.45) is 0 Å². The van der Waals surface area contributed by atoms with Crippen LogP contribution in [0.3, 0.4) is 0 Å². The summed E-state index contributed by atoms with van der Waals surface area (Å²) in [4.78, 5) is 12.0. The predicted molar refractivity (Wildman–Crippen MR) is 75.2 cm³/mol. The number of hydrogen-bond acceptors (Lipinski definition) is 1. The minimum Gasteiger partial charge on any atom is -0.296 e. The summed E-state index contributed by atoms with van der Waals surface area (Å²) in [5, 5.41) is 0. The molecule has 3 rings (SSSR count). The zero-order valence-corrected chi connectivity index (χ0v) is 11.5. The van der Waals surface area contributed by atoms with E-state index in [-0.39, 0.29) is 5.69 Å². The van der Waals surface area contributed by atoms with Crippen LogP contribution in [0.1, 0.15) is 24.4 Å². The van der Waals surface area contributed by atoms with Crippen molar-refractivity contribution in [1.82, 2.24) is 9.13 Å². The van der Waals surface area contributed by atoms with Crippen LogP contribution in [-0.2, 0) is 6.54 Å². The molecule has 4 heteroatoms. The zero-order valence-electron chi connectivity index (χ0n) is 9.34. The van der Waals surface area contributed by atoms with Gasteiger partial charge in [0.25, 0.3) is 0 Å². The fraction of sp³-hybridized carbons (Fsp3) is 0.308. The zero-order chi connectivity index (χ0) is 11.8. The summed E-state index contributed by atoms with van der Waals surface area (Å²) < 4.78 is 4.85. The number of halogens is 1. The average molecular weight is 340 g/mol. The summed E-state index contributed by atoms with van der Waals surface area (Å²) in [5.41, 5.74) is 1.28. The van der Waals surface area contributed by atoms with Crippen molar-refractivity contribution in [2.45, 2.75) is 25.4 Å². The molecule has 0 saturated heterocycles. The number of hydrogen-bond donors (Lipinski definition) is 0. The summed E-state index contributed by atoms with van der Waals surface area (Å²) in [6.07, 6.45) is 6.09. The Hall–Kier alpha value is -1.04. The lowest BCUT2D eigenvalue weighted by molar-refractivity contribution is 0.656. The Morgan fingerprint density at radius 2 is 1.88 bits per heavy atom. The Morgan fingerprint density at radius 1 is 1.18 bits per heavy atom. The van der Waals surface area contributed by atoms with Crippen LogP contribution >= 0.6 is 22.6 Å². The van der Waals surface area contributed by atoms with Gasteiger partial charge in [-0.3, -0.25) is 9.13 Å². The largest absolute Gasteiger partial charge is 0.328 e. The quantitative estimate of drug-likeness (QED) is 0.790. The van der Waals surface area contributed by atoms with Crippen LogP contribution in [0, 0.1) is 3.57 Å². The minimum atomic E-state index is 0.117. The van der Waals surface area contributed by atoms with Crippen molar-refractivity contribution in [1.29, 1.82) is 0 Å². The maximum atomic E-state index is 12.0. The van der Waals surface area contributed by atoms with E-state index < -0.39 is 0 Å². The van der Waals surface area contributed by atoms with Gasteiger partial charge in [0, 0.05) is 22.0 Å². The van der Waals surface area contributed by atoms with Crippen molar-refractivity contribution in [3.8, 4) is 0 Å². The summed E-state index contributed by atoms with van der Waals surface area (Å²) in [6.45, 7) is 0.662. The van der Waals surface area contributed by atoms with Crippen molar-refractivity contribution >= 4 is 22.6 Å². The van der Waals surface area contributed by atoms with E-state index in [0.717, 1.165) is 12.8 Å². The maximum absolute atomic E-state index is 12.0. The molecule has 1 aromatic heterocycles. The Morgan fingerprint density at radius 3 is 2.53 bits per heavy atom. The molecule has 2 aromatic rings. The second-order valence-corrected chi connectivity index (χ2v) is 5.72. The van der Waals surface area contributed by atoms with Crippen molar-refractivity contribution in [2.75, 3.05) is 0 Å². The van der Waals surface area contributed by atoms with Gasteiger partial charge in [0.2, 0.25) is 0 Å². The molecule has 1 aliphatic rings. The van der Waals surface area contributed by atoms with E-state index in [2.05, 4.69) is 46.9 Å². The molecule has 0 N–H and O–H groups in total. The number of rotatable bonds is 3. The van der Waals surface area contributed by atoms with Gasteiger partial charge in [0.05, 0.1) is 6.54 Å². The Labute approximate surface area is 113 Å². The van der Waals surface area contributed by atoms with Crippen molar-refractivity contribution in [3.05, 3.63) is 56.3 Å². The minimum absolute atomic E-state index is 0.117. The third kappa shape index (κ3) is 2.31. The van der Waals surface area contributed by atoms with Gasteiger partial charge in [0.1, 0.15) is 0 Å². The highest BCUT2D eigenvalue weighted by Crippen LogP contribution is 2.33. The second-order valence-electron chi connectivity index (χ2n) is 4.47. The molecule has 0 atom stereocenters. The molecule has 0 radical (unpaired) electrons. The van der Waals surface area contributed by atoms with Gasteiger partial charge in [-0.25, -0.2) is 4.79 Å². The molecule has 1 fully saturated rings. The van der Waals surface area contributed by atoms with Gasteiger partial charge >= 0.3 is 5.69 Å². The van der Waals surface area contributed by atoms with Crippen molar-refractivity contribution < 1.29 is 0 Å². The predicted octanol–water partition coefficient (Wildman–Crippen LogP) is 2.64. The molecule has 0 amide bonds. The van der Waals surface area contributed by atoms with Gasteiger partial charge in [-0.2, -0.15) is 0 Å². The molecule has 1 heterocycles. The number of aromatic nitrogens is 2.